The molecule has 0 fully saturated rings. The van der Waals surface area contributed by atoms with E-state index in [1.807, 2.05) is 24.0 Å². The van der Waals surface area contributed by atoms with Gasteiger partial charge in [-0.25, -0.2) is 0 Å². The highest BCUT2D eigenvalue weighted by molar-refractivity contribution is 7.16. The molecule has 98 valence electrons. The van der Waals surface area contributed by atoms with Crippen LogP contribution in [0.1, 0.15) is 29.8 Å². The van der Waals surface area contributed by atoms with Crippen LogP contribution in [-0.4, -0.2) is 16.3 Å². The molecule has 0 aromatic carbocycles. The number of hydrogen-bond donors (Lipinski definition) is 1. The Balaban J connectivity index is 1.69. The van der Waals surface area contributed by atoms with Gasteiger partial charge in [0.25, 0.3) is 0 Å². The highest BCUT2D eigenvalue weighted by atomic mass is 35.5. The predicted molar refractivity (Wildman–Crippen MR) is 77.3 cm³/mol. The third-order valence-electron chi connectivity index (χ3n) is 2.87. The van der Waals surface area contributed by atoms with Gasteiger partial charge in [-0.2, -0.15) is 5.10 Å². The number of nitrogens with zero attached hydrogens (tertiary/aromatic N) is 2. The van der Waals surface area contributed by atoms with Crippen LogP contribution in [0.4, 0.5) is 0 Å². The quantitative estimate of drug-likeness (QED) is 0.823. The molecule has 5 heteroatoms. The summed E-state index contributed by atoms with van der Waals surface area (Å²) < 4.78 is 2.70. The largest absolute Gasteiger partial charge is 0.309 e. The lowest BCUT2D eigenvalue weighted by molar-refractivity contribution is 0.565. The van der Waals surface area contributed by atoms with Crippen LogP contribution in [0.5, 0.6) is 0 Å². The van der Waals surface area contributed by atoms with Crippen molar-refractivity contribution in [2.45, 2.75) is 25.8 Å². The van der Waals surface area contributed by atoms with E-state index in [1.165, 1.54) is 10.4 Å². The molecule has 0 aliphatic rings. The normalized spacial score (nSPS) is 12.8. The van der Waals surface area contributed by atoms with Gasteiger partial charge in [0, 0.05) is 24.2 Å². The topological polar surface area (TPSA) is 29.9 Å². The Morgan fingerprint density at radius 2 is 2.33 bits per heavy atom. The first-order chi connectivity index (χ1) is 8.65. The van der Waals surface area contributed by atoms with Crippen molar-refractivity contribution in [2.75, 3.05) is 6.54 Å². The molecule has 0 unspecified atom stereocenters. The molecule has 0 saturated heterocycles. The van der Waals surface area contributed by atoms with Gasteiger partial charge in [0.15, 0.2) is 0 Å². The van der Waals surface area contributed by atoms with Gasteiger partial charge >= 0.3 is 0 Å². The minimum Gasteiger partial charge on any atom is -0.309 e. The maximum absolute atomic E-state index is 5.93. The fourth-order valence-corrected chi connectivity index (χ4v) is 2.96. The van der Waals surface area contributed by atoms with Crippen LogP contribution in [0.15, 0.2) is 24.5 Å². The van der Waals surface area contributed by atoms with E-state index in [1.54, 1.807) is 11.3 Å². The van der Waals surface area contributed by atoms with Gasteiger partial charge in [-0.1, -0.05) is 11.6 Å². The molecule has 3 nitrogen and oxygen atoms in total. The average molecular weight is 284 g/mol. The van der Waals surface area contributed by atoms with Crippen molar-refractivity contribution in [1.82, 2.24) is 15.1 Å². The van der Waals surface area contributed by atoms with Crippen LogP contribution in [0.2, 0.25) is 4.34 Å². The summed E-state index contributed by atoms with van der Waals surface area (Å²) in [5, 5.41) is 7.68. The number of aromatic nitrogens is 2. The molecule has 0 saturated carbocycles. The molecule has 1 atom stereocenters. The summed E-state index contributed by atoms with van der Waals surface area (Å²) in [6.45, 7) is 3.18. The highest BCUT2D eigenvalue weighted by Gasteiger charge is 2.07. The van der Waals surface area contributed by atoms with Gasteiger partial charge in [0.1, 0.15) is 0 Å². The molecule has 2 rings (SSSR count). The number of rotatable bonds is 6. The van der Waals surface area contributed by atoms with E-state index in [2.05, 4.69) is 29.6 Å². The third-order valence-corrected chi connectivity index (χ3v) is 4.29. The van der Waals surface area contributed by atoms with E-state index in [0.29, 0.717) is 6.04 Å². The number of halogens is 1. The number of aryl methyl sites for hydroxylation is 2. The lowest BCUT2D eigenvalue weighted by Gasteiger charge is -2.11. The van der Waals surface area contributed by atoms with Crippen molar-refractivity contribution < 1.29 is 0 Å². The fraction of sp³-hybridized carbons (Fsp3) is 0.462. The molecule has 1 N–H and O–H groups in total. The van der Waals surface area contributed by atoms with Crippen LogP contribution >= 0.6 is 22.9 Å². The summed E-state index contributed by atoms with van der Waals surface area (Å²) in [4.78, 5) is 1.29. The van der Waals surface area contributed by atoms with Gasteiger partial charge in [-0.15, -0.1) is 11.3 Å². The van der Waals surface area contributed by atoms with Crippen LogP contribution in [0.25, 0.3) is 0 Å². The molecule has 0 amide bonds. The highest BCUT2D eigenvalue weighted by Crippen LogP contribution is 2.26. The fourth-order valence-electron chi connectivity index (χ4n) is 1.87. The zero-order valence-corrected chi connectivity index (χ0v) is 12.3. The maximum Gasteiger partial charge on any atom is 0.0931 e. The predicted octanol–water partition coefficient (Wildman–Crippen LogP) is 3.42. The molecule has 2 aromatic heterocycles. The van der Waals surface area contributed by atoms with Crippen molar-refractivity contribution >= 4 is 22.9 Å². The average Bonchev–Trinajstić information content (AvgIpc) is 2.93. The zero-order valence-electron chi connectivity index (χ0n) is 10.7. The van der Waals surface area contributed by atoms with Crippen molar-refractivity contribution in [3.05, 3.63) is 39.3 Å². The number of hydrogen-bond acceptors (Lipinski definition) is 3. The van der Waals surface area contributed by atoms with Crippen LogP contribution in [0.3, 0.4) is 0 Å². The van der Waals surface area contributed by atoms with Gasteiger partial charge in [0.2, 0.25) is 0 Å². The van der Waals surface area contributed by atoms with Crippen LogP contribution in [0, 0.1) is 0 Å². The van der Waals surface area contributed by atoms with E-state index in [4.69, 9.17) is 11.6 Å². The summed E-state index contributed by atoms with van der Waals surface area (Å²) >= 11 is 7.57. The minimum atomic E-state index is 0.372. The maximum atomic E-state index is 5.93. The molecule has 0 aliphatic heterocycles. The number of thiophene rings is 1. The Hall–Kier alpha value is -0.840. The molecule has 2 heterocycles. The van der Waals surface area contributed by atoms with Gasteiger partial charge in [0.05, 0.1) is 10.5 Å². The molecular weight excluding hydrogens is 266 g/mol. The van der Waals surface area contributed by atoms with Gasteiger partial charge in [-0.05, 0) is 44.0 Å². The molecule has 0 aliphatic carbocycles. The molecule has 0 radical (unpaired) electrons. The standard InChI is InChI=1S/C13H18ClN3S/c1-10(12-5-6-13(14)18-12)15-7-3-4-11-8-16-17(2)9-11/h5-6,8-10,15H,3-4,7H2,1-2H3/t10-/m0/s1. The van der Waals surface area contributed by atoms with E-state index in [-0.39, 0.29) is 0 Å². The van der Waals surface area contributed by atoms with E-state index in [0.717, 1.165) is 23.7 Å². The van der Waals surface area contributed by atoms with Crippen LogP contribution < -0.4 is 5.32 Å². The monoisotopic (exact) mass is 283 g/mol. The van der Waals surface area contributed by atoms with Crippen molar-refractivity contribution in [1.29, 1.82) is 0 Å². The first-order valence-corrected chi connectivity index (χ1v) is 7.31. The van der Waals surface area contributed by atoms with Gasteiger partial charge in [-0.3, -0.25) is 4.68 Å². The first kappa shape index (κ1) is 13.6. The second-order valence-corrected chi connectivity index (χ2v) is 6.19. The Kier molecular flexibility index (Phi) is 4.80. The Morgan fingerprint density at radius 3 is 2.94 bits per heavy atom. The van der Waals surface area contributed by atoms with E-state index >= 15 is 0 Å². The first-order valence-electron chi connectivity index (χ1n) is 6.11. The van der Waals surface area contributed by atoms with Crippen molar-refractivity contribution in [3.8, 4) is 0 Å². The lowest BCUT2D eigenvalue weighted by Crippen LogP contribution is -2.19. The molecule has 18 heavy (non-hydrogen) atoms. The van der Waals surface area contributed by atoms with Gasteiger partial charge < -0.3 is 5.32 Å². The summed E-state index contributed by atoms with van der Waals surface area (Å²) in [5.41, 5.74) is 1.30. The van der Waals surface area contributed by atoms with Crippen molar-refractivity contribution in [3.63, 3.8) is 0 Å². The van der Waals surface area contributed by atoms with E-state index < -0.39 is 0 Å². The molecule has 0 bridgehead atoms. The minimum absolute atomic E-state index is 0.372. The second-order valence-electron chi connectivity index (χ2n) is 4.44. The zero-order chi connectivity index (χ0) is 13.0. The van der Waals surface area contributed by atoms with E-state index in [9.17, 15) is 0 Å². The Bertz CT molecular complexity index is 492. The Morgan fingerprint density at radius 1 is 1.50 bits per heavy atom. The summed E-state index contributed by atoms with van der Waals surface area (Å²) in [6, 6.07) is 4.41. The summed E-state index contributed by atoms with van der Waals surface area (Å²) in [5.74, 6) is 0. The second kappa shape index (κ2) is 6.36. The molecular formula is C13H18ClN3S. The SMILES string of the molecule is C[C@H](NCCCc1cnn(C)c1)c1ccc(Cl)s1. The molecule has 0 spiro atoms. The Labute approximate surface area is 117 Å². The lowest BCUT2D eigenvalue weighted by atomic mass is 10.2. The molecule has 2 aromatic rings. The summed E-state index contributed by atoms with van der Waals surface area (Å²) in [6.07, 6.45) is 6.19. The third kappa shape index (κ3) is 3.83. The summed E-state index contributed by atoms with van der Waals surface area (Å²) in [7, 11) is 1.95. The van der Waals surface area contributed by atoms with Crippen molar-refractivity contribution in [2.24, 2.45) is 7.05 Å². The smallest absolute Gasteiger partial charge is 0.0931 e. The number of nitrogens with one attached hydrogen (secondary N) is 1. The van der Waals surface area contributed by atoms with Crippen LogP contribution in [-0.2, 0) is 13.5 Å².